The molecule has 2 rings (SSSR count). The van der Waals surface area contributed by atoms with Crippen LogP contribution in [0.1, 0.15) is 23.0 Å². The Morgan fingerprint density at radius 1 is 1.30 bits per heavy atom. The third-order valence-corrected chi connectivity index (χ3v) is 3.94. The first-order valence-electron chi connectivity index (χ1n) is 6.48. The van der Waals surface area contributed by atoms with Crippen LogP contribution >= 0.6 is 11.8 Å². The monoisotopic (exact) mass is 348 g/mol. The van der Waals surface area contributed by atoms with E-state index in [1.54, 1.807) is 0 Å². The molecule has 1 heterocycles. The molecule has 0 saturated carbocycles. The molecule has 1 aromatic carbocycles. The van der Waals surface area contributed by atoms with Crippen molar-refractivity contribution >= 4 is 17.7 Å². The Hall–Kier alpha value is -2.03. The topological polar surface area (TPSA) is 44.1 Å². The molecule has 0 radical (unpaired) electrons. The molecular formula is C14H12F4N2O2S. The summed E-state index contributed by atoms with van der Waals surface area (Å²) in [5, 5.41) is 3.37. The summed E-state index contributed by atoms with van der Waals surface area (Å²) in [5.41, 5.74) is -1.95. The lowest BCUT2D eigenvalue weighted by molar-refractivity contribution is -0.142. The van der Waals surface area contributed by atoms with Crippen molar-refractivity contribution in [2.45, 2.75) is 23.0 Å². The Balaban J connectivity index is 2.51. The van der Waals surface area contributed by atoms with Gasteiger partial charge in [-0.1, -0.05) is 11.8 Å². The predicted molar refractivity (Wildman–Crippen MR) is 74.7 cm³/mol. The summed E-state index contributed by atoms with van der Waals surface area (Å²) in [6.45, 7) is 1.43. The number of carbonyl (C=O) groups is 1. The minimum atomic E-state index is -4.79. The van der Waals surface area contributed by atoms with Gasteiger partial charge in [-0.2, -0.15) is 18.3 Å². The summed E-state index contributed by atoms with van der Waals surface area (Å²) in [6, 6.07) is 5.14. The van der Waals surface area contributed by atoms with Crippen LogP contribution < -0.4 is 0 Å². The first kappa shape index (κ1) is 17.3. The Morgan fingerprint density at radius 2 is 1.91 bits per heavy atom. The quantitative estimate of drug-likeness (QED) is 0.621. The van der Waals surface area contributed by atoms with Crippen LogP contribution in [0.3, 0.4) is 0 Å². The molecule has 0 saturated heterocycles. The highest BCUT2D eigenvalue weighted by Gasteiger charge is 2.42. The molecule has 4 nitrogen and oxygen atoms in total. The second-order valence-electron chi connectivity index (χ2n) is 4.43. The van der Waals surface area contributed by atoms with Crippen LogP contribution in [-0.4, -0.2) is 22.4 Å². The van der Waals surface area contributed by atoms with Crippen molar-refractivity contribution in [3.05, 3.63) is 41.3 Å². The Labute approximate surface area is 133 Å². The van der Waals surface area contributed by atoms with Crippen molar-refractivity contribution in [3.63, 3.8) is 0 Å². The number of carbonyl (C=O) groups excluding carboxylic acids is 1. The third-order valence-electron chi connectivity index (χ3n) is 2.77. The first-order chi connectivity index (χ1) is 10.7. The van der Waals surface area contributed by atoms with Gasteiger partial charge in [0.2, 0.25) is 0 Å². The summed E-state index contributed by atoms with van der Waals surface area (Å²) in [4.78, 5) is 12.4. The number of hydrogen-bond acceptors (Lipinski definition) is 4. The first-order valence-corrected chi connectivity index (χ1v) is 7.30. The highest BCUT2D eigenvalue weighted by Crippen LogP contribution is 2.38. The lowest BCUT2D eigenvalue weighted by atomic mass is 10.2. The van der Waals surface area contributed by atoms with Crippen LogP contribution in [-0.2, 0) is 18.0 Å². The van der Waals surface area contributed by atoms with Gasteiger partial charge in [0.1, 0.15) is 16.4 Å². The third kappa shape index (κ3) is 3.84. The van der Waals surface area contributed by atoms with Crippen LogP contribution in [0.15, 0.2) is 34.2 Å². The average molecular weight is 348 g/mol. The van der Waals surface area contributed by atoms with Crippen LogP contribution in [0, 0.1) is 5.82 Å². The normalized spacial score (nSPS) is 11.6. The lowest BCUT2D eigenvalue weighted by Gasteiger charge is -2.08. The van der Waals surface area contributed by atoms with Gasteiger partial charge in [0.15, 0.2) is 5.69 Å². The van der Waals surface area contributed by atoms with Gasteiger partial charge < -0.3 is 4.74 Å². The molecule has 0 aliphatic heterocycles. The highest BCUT2D eigenvalue weighted by molar-refractivity contribution is 7.99. The Bertz CT molecular complexity index is 711. The van der Waals surface area contributed by atoms with Crippen LogP contribution in [0.2, 0.25) is 0 Å². The smallest absolute Gasteiger partial charge is 0.436 e. The van der Waals surface area contributed by atoms with Crippen LogP contribution in [0.4, 0.5) is 17.6 Å². The lowest BCUT2D eigenvalue weighted by Crippen LogP contribution is -2.14. The number of nitrogens with zero attached hydrogens (tertiary/aromatic N) is 2. The predicted octanol–water partition coefficient (Wildman–Crippen LogP) is 3.91. The molecule has 0 bridgehead atoms. The zero-order valence-corrected chi connectivity index (χ0v) is 13.0. The van der Waals surface area contributed by atoms with Gasteiger partial charge in [-0.25, -0.2) is 9.18 Å². The van der Waals surface area contributed by atoms with Gasteiger partial charge in [0.25, 0.3) is 0 Å². The molecule has 1 aromatic heterocycles. The summed E-state index contributed by atoms with van der Waals surface area (Å²) >= 11 is 0.874. The largest absolute Gasteiger partial charge is 0.462 e. The van der Waals surface area contributed by atoms with Crippen molar-refractivity contribution in [1.82, 2.24) is 9.78 Å². The van der Waals surface area contributed by atoms with E-state index in [4.69, 9.17) is 4.74 Å². The highest BCUT2D eigenvalue weighted by atomic mass is 32.2. The van der Waals surface area contributed by atoms with E-state index in [1.165, 1.54) is 38.2 Å². The number of aryl methyl sites for hydroxylation is 1. The standard InChI is InChI=1S/C14H12F4N2O2S/c1-3-22-13(21)10-11(14(16,17)18)19-20(2)12(10)23-9-6-4-8(15)5-7-9/h4-7H,3H2,1-2H3. The molecule has 23 heavy (non-hydrogen) atoms. The van der Waals surface area contributed by atoms with E-state index in [-0.39, 0.29) is 11.6 Å². The van der Waals surface area contributed by atoms with Gasteiger partial charge in [-0.15, -0.1) is 0 Å². The summed E-state index contributed by atoms with van der Waals surface area (Å²) < 4.78 is 57.9. The molecule has 0 atom stereocenters. The molecule has 0 aliphatic carbocycles. The number of rotatable bonds is 4. The van der Waals surface area contributed by atoms with Gasteiger partial charge in [0.05, 0.1) is 6.61 Å². The van der Waals surface area contributed by atoms with E-state index in [0.717, 1.165) is 16.4 Å². The Kier molecular flexibility index (Phi) is 4.98. The van der Waals surface area contributed by atoms with Gasteiger partial charge in [-0.05, 0) is 31.2 Å². The fourth-order valence-corrected chi connectivity index (χ4v) is 2.78. The molecule has 0 aliphatic rings. The fourth-order valence-electron chi connectivity index (χ4n) is 1.83. The SMILES string of the molecule is CCOC(=O)c1c(C(F)(F)F)nn(C)c1Sc1ccc(F)cc1. The zero-order valence-electron chi connectivity index (χ0n) is 12.1. The Morgan fingerprint density at radius 3 is 2.43 bits per heavy atom. The van der Waals surface area contributed by atoms with Gasteiger partial charge in [-0.3, -0.25) is 4.68 Å². The molecular weight excluding hydrogens is 336 g/mol. The maximum atomic E-state index is 13.1. The number of alkyl halides is 3. The van der Waals surface area contributed by atoms with Crippen molar-refractivity contribution in [2.75, 3.05) is 6.61 Å². The second kappa shape index (κ2) is 6.61. The summed E-state index contributed by atoms with van der Waals surface area (Å²) in [7, 11) is 1.30. The van der Waals surface area contributed by atoms with E-state index in [9.17, 15) is 22.4 Å². The maximum Gasteiger partial charge on any atom is 0.436 e. The molecule has 0 spiro atoms. The number of benzene rings is 1. The number of esters is 1. The fraction of sp³-hybridized carbons (Fsp3) is 0.286. The van der Waals surface area contributed by atoms with Crippen molar-refractivity contribution in [3.8, 4) is 0 Å². The zero-order chi connectivity index (χ0) is 17.2. The minimum absolute atomic E-state index is 0.0256. The molecule has 124 valence electrons. The summed E-state index contributed by atoms with van der Waals surface area (Å²) in [5.74, 6) is -1.57. The van der Waals surface area contributed by atoms with E-state index >= 15 is 0 Å². The van der Waals surface area contributed by atoms with E-state index in [1.807, 2.05) is 0 Å². The molecule has 0 amide bonds. The number of hydrogen-bond donors (Lipinski definition) is 0. The molecule has 0 fully saturated rings. The van der Waals surface area contributed by atoms with Crippen molar-refractivity contribution in [2.24, 2.45) is 7.05 Å². The molecule has 0 unspecified atom stereocenters. The minimum Gasteiger partial charge on any atom is -0.462 e. The van der Waals surface area contributed by atoms with Crippen LogP contribution in [0.5, 0.6) is 0 Å². The summed E-state index contributed by atoms with van der Waals surface area (Å²) in [6.07, 6.45) is -4.79. The number of halogens is 4. The van der Waals surface area contributed by atoms with Gasteiger partial charge >= 0.3 is 12.1 Å². The second-order valence-corrected chi connectivity index (χ2v) is 5.49. The average Bonchev–Trinajstić information content (AvgIpc) is 2.79. The van der Waals surface area contributed by atoms with Gasteiger partial charge in [0, 0.05) is 11.9 Å². The van der Waals surface area contributed by atoms with Crippen LogP contribution in [0.25, 0.3) is 0 Å². The van der Waals surface area contributed by atoms with E-state index < -0.39 is 29.2 Å². The van der Waals surface area contributed by atoms with E-state index in [2.05, 4.69) is 5.10 Å². The van der Waals surface area contributed by atoms with E-state index in [0.29, 0.717) is 4.90 Å². The molecule has 9 heteroatoms. The van der Waals surface area contributed by atoms with Crippen molar-refractivity contribution < 1.29 is 27.1 Å². The molecule has 2 aromatic rings. The number of ether oxygens (including phenoxy) is 1. The maximum absolute atomic E-state index is 13.1. The number of aromatic nitrogens is 2. The van der Waals surface area contributed by atoms with Crippen molar-refractivity contribution in [1.29, 1.82) is 0 Å². The molecule has 0 N–H and O–H groups in total.